The predicted molar refractivity (Wildman–Crippen MR) is 36.2 cm³/mol. The van der Waals surface area contributed by atoms with Crippen molar-refractivity contribution in [1.29, 1.82) is 0 Å². The fourth-order valence-corrected chi connectivity index (χ4v) is 0.487. The molecule has 3 heteroatoms. The SMILES string of the molecule is [2H]C([2H])([2H])c1c[nH]c(=O)cc1N. The maximum Gasteiger partial charge on any atom is 0.249 e. The molecule has 0 unspecified atom stereocenters. The van der Waals surface area contributed by atoms with E-state index in [0.717, 1.165) is 12.3 Å². The quantitative estimate of drug-likeness (QED) is 0.525. The Hall–Kier alpha value is -1.25. The summed E-state index contributed by atoms with van der Waals surface area (Å²) in [4.78, 5) is 12.9. The van der Waals surface area contributed by atoms with Crippen molar-refractivity contribution < 1.29 is 4.11 Å². The highest BCUT2D eigenvalue weighted by Crippen LogP contribution is 2.01. The van der Waals surface area contributed by atoms with Crippen molar-refractivity contribution in [3.8, 4) is 0 Å². The molecule has 9 heavy (non-hydrogen) atoms. The Bertz CT molecular complexity index is 341. The number of aryl methyl sites for hydroxylation is 1. The van der Waals surface area contributed by atoms with Gasteiger partial charge < -0.3 is 10.7 Å². The number of aromatic nitrogens is 1. The molecule has 1 aromatic heterocycles. The fraction of sp³-hybridized carbons (Fsp3) is 0.167. The minimum atomic E-state index is -2.27. The molecule has 0 amide bonds. The summed E-state index contributed by atoms with van der Waals surface area (Å²) in [6.07, 6.45) is 1.12. The minimum absolute atomic E-state index is 0.00116. The Kier molecular flexibility index (Phi) is 0.656. The minimum Gasteiger partial charge on any atom is -0.398 e. The molecule has 0 saturated carbocycles. The van der Waals surface area contributed by atoms with Crippen LogP contribution in [-0.4, -0.2) is 4.98 Å². The number of hydrogen-bond donors (Lipinski definition) is 2. The largest absolute Gasteiger partial charge is 0.398 e. The Labute approximate surface area is 56.7 Å². The molecule has 0 spiro atoms. The van der Waals surface area contributed by atoms with Gasteiger partial charge in [-0.3, -0.25) is 4.79 Å². The number of H-pyrrole nitrogens is 1. The first-order chi connectivity index (χ1) is 5.41. The third kappa shape index (κ3) is 1.10. The zero-order valence-corrected chi connectivity index (χ0v) is 4.64. The molecule has 3 nitrogen and oxygen atoms in total. The highest BCUT2D eigenvalue weighted by atomic mass is 16.1. The van der Waals surface area contributed by atoms with E-state index in [1.54, 1.807) is 0 Å². The second-order valence-corrected chi connectivity index (χ2v) is 1.67. The van der Waals surface area contributed by atoms with Gasteiger partial charge in [0.2, 0.25) is 5.56 Å². The average Bonchev–Trinajstić information content (AvgIpc) is 1.83. The summed E-state index contributed by atoms with van der Waals surface area (Å²) in [6.45, 7) is -2.27. The molecule has 0 aromatic carbocycles. The molecule has 0 radical (unpaired) electrons. The van der Waals surface area contributed by atoms with Crippen LogP contribution in [0.3, 0.4) is 0 Å². The van der Waals surface area contributed by atoms with E-state index in [2.05, 4.69) is 4.98 Å². The molecule has 0 aliphatic rings. The van der Waals surface area contributed by atoms with Crippen molar-refractivity contribution in [3.63, 3.8) is 0 Å². The van der Waals surface area contributed by atoms with Crippen LogP contribution in [0.5, 0.6) is 0 Å². The topological polar surface area (TPSA) is 58.9 Å². The normalized spacial score (nSPS) is 15.8. The van der Waals surface area contributed by atoms with Crippen molar-refractivity contribution in [1.82, 2.24) is 4.98 Å². The van der Waals surface area contributed by atoms with Gasteiger partial charge in [-0.05, 0) is 12.4 Å². The average molecular weight is 127 g/mol. The molecule has 1 heterocycles. The van der Waals surface area contributed by atoms with Crippen molar-refractivity contribution in [2.75, 3.05) is 5.73 Å². The summed E-state index contributed by atoms with van der Waals surface area (Å²) < 4.78 is 21.0. The molecule has 1 aromatic rings. The predicted octanol–water partition coefficient (Wildman–Crippen LogP) is 0.266. The van der Waals surface area contributed by atoms with E-state index in [-0.39, 0.29) is 11.3 Å². The zero-order valence-electron chi connectivity index (χ0n) is 7.64. The van der Waals surface area contributed by atoms with E-state index in [4.69, 9.17) is 9.85 Å². The summed E-state index contributed by atoms with van der Waals surface area (Å²) in [7, 11) is 0. The number of aromatic amines is 1. The Morgan fingerprint density at radius 1 is 1.89 bits per heavy atom. The van der Waals surface area contributed by atoms with Crippen LogP contribution in [-0.2, 0) is 0 Å². The van der Waals surface area contributed by atoms with Crippen molar-refractivity contribution in [3.05, 3.63) is 28.2 Å². The van der Waals surface area contributed by atoms with E-state index in [0.29, 0.717) is 0 Å². The van der Waals surface area contributed by atoms with Gasteiger partial charge in [-0.25, -0.2) is 0 Å². The van der Waals surface area contributed by atoms with Gasteiger partial charge in [0, 0.05) is 22.1 Å². The molecule has 1 rings (SSSR count). The molecular weight excluding hydrogens is 116 g/mol. The fourth-order valence-electron chi connectivity index (χ4n) is 0.487. The van der Waals surface area contributed by atoms with Crippen LogP contribution in [0.2, 0.25) is 0 Å². The van der Waals surface area contributed by atoms with Gasteiger partial charge in [0.15, 0.2) is 0 Å². The van der Waals surface area contributed by atoms with Crippen LogP contribution >= 0.6 is 0 Å². The highest BCUT2D eigenvalue weighted by Gasteiger charge is 1.89. The molecule has 0 saturated heterocycles. The lowest BCUT2D eigenvalue weighted by Gasteiger charge is -1.93. The van der Waals surface area contributed by atoms with E-state index in [1.165, 1.54) is 0 Å². The molecule has 0 atom stereocenters. The molecule has 0 aliphatic carbocycles. The Morgan fingerprint density at radius 3 is 3.22 bits per heavy atom. The Morgan fingerprint density at radius 2 is 2.67 bits per heavy atom. The lowest BCUT2D eigenvalue weighted by molar-refractivity contribution is 1.20. The highest BCUT2D eigenvalue weighted by molar-refractivity contribution is 5.42. The molecular formula is C6H8N2O. The standard InChI is InChI=1S/C6H8N2O/c1-4-3-8-6(9)2-5(4)7/h2-3H,1H3,(H3,7,8,9)/i1D3. The summed E-state index contributed by atoms with van der Waals surface area (Å²) >= 11 is 0. The van der Waals surface area contributed by atoms with Crippen LogP contribution in [0.25, 0.3) is 0 Å². The van der Waals surface area contributed by atoms with E-state index >= 15 is 0 Å². The first-order valence-corrected chi connectivity index (χ1v) is 2.40. The summed E-state index contributed by atoms with van der Waals surface area (Å²) in [5.74, 6) is 0. The summed E-state index contributed by atoms with van der Waals surface area (Å²) in [6, 6.07) is 1.06. The molecule has 3 N–H and O–H groups in total. The van der Waals surface area contributed by atoms with Crippen LogP contribution in [0.15, 0.2) is 17.1 Å². The first kappa shape index (κ1) is 3.06. The van der Waals surface area contributed by atoms with Gasteiger partial charge in [0.1, 0.15) is 0 Å². The number of anilines is 1. The number of nitrogen functional groups attached to an aromatic ring is 1. The van der Waals surface area contributed by atoms with Gasteiger partial charge in [0.05, 0.1) is 0 Å². The molecule has 0 aliphatic heterocycles. The van der Waals surface area contributed by atoms with Crippen molar-refractivity contribution in [2.45, 2.75) is 6.85 Å². The second-order valence-electron chi connectivity index (χ2n) is 1.67. The van der Waals surface area contributed by atoms with Gasteiger partial charge >= 0.3 is 0 Å². The number of pyridine rings is 1. The van der Waals surface area contributed by atoms with Crippen molar-refractivity contribution >= 4 is 5.69 Å². The van der Waals surface area contributed by atoms with E-state index in [9.17, 15) is 4.79 Å². The van der Waals surface area contributed by atoms with E-state index < -0.39 is 12.4 Å². The Balaban J connectivity index is 3.28. The second kappa shape index (κ2) is 1.93. The molecule has 48 valence electrons. The third-order valence-electron chi connectivity index (χ3n) is 0.956. The lowest BCUT2D eigenvalue weighted by Crippen LogP contribution is -2.05. The number of nitrogens with two attached hydrogens (primary N) is 1. The molecule has 0 bridgehead atoms. The lowest BCUT2D eigenvalue weighted by atomic mass is 10.3. The smallest absolute Gasteiger partial charge is 0.249 e. The van der Waals surface area contributed by atoms with Crippen molar-refractivity contribution in [2.24, 2.45) is 0 Å². The van der Waals surface area contributed by atoms with Gasteiger partial charge in [-0.1, -0.05) is 0 Å². The van der Waals surface area contributed by atoms with Gasteiger partial charge in [-0.15, -0.1) is 0 Å². The summed E-state index contributed by atoms with van der Waals surface area (Å²) in [5.41, 5.74) is 4.90. The monoisotopic (exact) mass is 127 g/mol. The van der Waals surface area contributed by atoms with Crippen LogP contribution < -0.4 is 11.3 Å². The maximum atomic E-state index is 10.7. The first-order valence-electron chi connectivity index (χ1n) is 3.90. The number of nitrogens with one attached hydrogen (secondary N) is 1. The number of hydrogen-bond acceptors (Lipinski definition) is 2. The van der Waals surface area contributed by atoms with Crippen LogP contribution in [0.4, 0.5) is 5.69 Å². The van der Waals surface area contributed by atoms with Gasteiger partial charge in [-0.2, -0.15) is 0 Å². The molecule has 0 fully saturated rings. The zero-order chi connectivity index (χ0) is 9.35. The third-order valence-corrected chi connectivity index (χ3v) is 0.956. The summed E-state index contributed by atoms with van der Waals surface area (Å²) in [5, 5.41) is 0. The van der Waals surface area contributed by atoms with Crippen LogP contribution in [0.1, 0.15) is 9.68 Å². The van der Waals surface area contributed by atoms with Crippen LogP contribution in [0, 0.1) is 6.85 Å². The van der Waals surface area contributed by atoms with E-state index in [1.807, 2.05) is 0 Å². The maximum absolute atomic E-state index is 10.7. The van der Waals surface area contributed by atoms with Gasteiger partial charge in [0.25, 0.3) is 0 Å². The number of rotatable bonds is 0.